The molecule has 0 unspecified atom stereocenters. The molecule has 0 saturated carbocycles. The van der Waals surface area contributed by atoms with Gasteiger partial charge in [-0.15, -0.1) is 5.10 Å². The zero-order valence-corrected chi connectivity index (χ0v) is 23.0. The van der Waals surface area contributed by atoms with Crippen molar-refractivity contribution in [2.45, 2.75) is 20.3 Å². The molecule has 0 fully saturated rings. The van der Waals surface area contributed by atoms with Crippen molar-refractivity contribution in [1.29, 1.82) is 0 Å². The highest BCUT2D eigenvalue weighted by molar-refractivity contribution is 7.15. The Kier molecular flexibility index (Phi) is 7.11. The first kappa shape index (κ1) is 25.5. The lowest BCUT2D eigenvalue weighted by Crippen LogP contribution is -2.23. The highest BCUT2D eigenvalue weighted by Gasteiger charge is 2.15. The van der Waals surface area contributed by atoms with Crippen LogP contribution in [0.3, 0.4) is 0 Å². The third-order valence-electron chi connectivity index (χ3n) is 6.26. The Morgan fingerprint density at radius 3 is 2.23 bits per heavy atom. The van der Waals surface area contributed by atoms with Gasteiger partial charge in [-0.2, -0.15) is 14.6 Å². The Hall–Kier alpha value is -4.76. The summed E-state index contributed by atoms with van der Waals surface area (Å²) in [4.78, 5) is 18.5. The van der Waals surface area contributed by atoms with E-state index in [4.69, 9.17) is 14.6 Å². The maximum Gasteiger partial charge on any atom is 0.291 e. The molecule has 6 aromatic rings. The van der Waals surface area contributed by atoms with Crippen molar-refractivity contribution in [3.8, 4) is 39.8 Å². The van der Waals surface area contributed by atoms with Crippen molar-refractivity contribution in [2.75, 3.05) is 13.2 Å². The molecule has 6 rings (SSSR count). The molecule has 3 aromatic heterocycles. The molecule has 0 aliphatic heterocycles. The van der Waals surface area contributed by atoms with E-state index in [1.54, 1.807) is 0 Å². The van der Waals surface area contributed by atoms with Crippen molar-refractivity contribution in [2.24, 2.45) is 0 Å². The van der Waals surface area contributed by atoms with Gasteiger partial charge in [0.1, 0.15) is 17.2 Å². The molecule has 3 aromatic carbocycles. The van der Waals surface area contributed by atoms with Crippen LogP contribution in [0.1, 0.15) is 25.8 Å². The average Bonchev–Trinajstić information content (AvgIpc) is 3.68. The van der Waals surface area contributed by atoms with Crippen molar-refractivity contribution >= 4 is 22.4 Å². The predicted octanol–water partition coefficient (Wildman–Crippen LogP) is 5.41. The van der Waals surface area contributed by atoms with E-state index in [1.807, 2.05) is 103 Å². The summed E-state index contributed by atoms with van der Waals surface area (Å²) in [6.07, 6.45) is 4.75. The highest BCUT2D eigenvalue weighted by atomic mass is 32.1. The van der Waals surface area contributed by atoms with Crippen LogP contribution >= 0.6 is 11.3 Å². The Bertz CT molecular complexity index is 1860. The molecular weight excluding hydrogens is 522 g/mol. The van der Waals surface area contributed by atoms with Crippen LogP contribution in [0.5, 0.6) is 11.5 Å². The van der Waals surface area contributed by atoms with Crippen LogP contribution in [0.4, 0.5) is 0 Å². The third kappa shape index (κ3) is 5.11. The standard InChI is InChI=1S/C31H27N5O3S/c1-3-18-39-26-14-10-21(11-15-26)28-23(20-35(33-28)24-8-6-5-7-9-24)19-27-30(37)36-31(40-27)32-29(34-36)22-12-16-25(17-13-22)38-4-2/h5-17,19-20H,3-4,18H2,1-2H3/b27-19+. The third-order valence-corrected chi connectivity index (χ3v) is 7.22. The summed E-state index contributed by atoms with van der Waals surface area (Å²) in [6.45, 7) is 5.29. The first-order chi connectivity index (χ1) is 19.6. The van der Waals surface area contributed by atoms with Crippen LogP contribution in [-0.4, -0.2) is 37.6 Å². The zero-order valence-electron chi connectivity index (χ0n) is 22.2. The molecule has 9 heteroatoms. The molecule has 0 aliphatic rings. The fourth-order valence-corrected chi connectivity index (χ4v) is 5.22. The lowest BCUT2D eigenvalue weighted by molar-refractivity contribution is 0.317. The van der Waals surface area contributed by atoms with Crippen LogP contribution < -0.4 is 19.6 Å². The summed E-state index contributed by atoms with van der Waals surface area (Å²) >= 11 is 1.31. The van der Waals surface area contributed by atoms with Gasteiger partial charge in [0.05, 0.1) is 23.4 Å². The molecule has 8 nitrogen and oxygen atoms in total. The molecule has 0 amide bonds. The first-order valence-corrected chi connectivity index (χ1v) is 14.0. The molecule has 0 atom stereocenters. The van der Waals surface area contributed by atoms with E-state index >= 15 is 0 Å². The SMILES string of the molecule is CCCOc1ccc(-c2nn(-c3ccccc3)cc2/C=c2/sc3nc(-c4ccc(OCC)cc4)nn3c2=O)cc1. The summed E-state index contributed by atoms with van der Waals surface area (Å²) in [6, 6.07) is 25.3. The molecule has 40 heavy (non-hydrogen) atoms. The number of nitrogens with zero attached hydrogens (tertiary/aromatic N) is 5. The van der Waals surface area contributed by atoms with E-state index in [0.29, 0.717) is 28.5 Å². The summed E-state index contributed by atoms with van der Waals surface area (Å²) < 4.78 is 15.0. The second-order valence-corrected chi connectivity index (χ2v) is 10.1. The van der Waals surface area contributed by atoms with Crippen molar-refractivity contribution < 1.29 is 9.47 Å². The molecule has 200 valence electrons. The first-order valence-electron chi connectivity index (χ1n) is 13.2. The van der Waals surface area contributed by atoms with Gasteiger partial charge < -0.3 is 9.47 Å². The van der Waals surface area contributed by atoms with Crippen LogP contribution in [-0.2, 0) is 0 Å². The Morgan fingerprint density at radius 2 is 1.55 bits per heavy atom. The summed E-state index contributed by atoms with van der Waals surface area (Å²) in [5.74, 6) is 2.10. The summed E-state index contributed by atoms with van der Waals surface area (Å²) in [5.41, 5.74) is 4.04. The number of ether oxygens (including phenoxy) is 2. The second kappa shape index (κ2) is 11.2. The van der Waals surface area contributed by atoms with Gasteiger partial charge in [0.25, 0.3) is 5.56 Å². The number of hydrogen-bond donors (Lipinski definition) is 0. The largest absolute Gasteiger partial charge is 0.494 e. The maximum absolute atomic E-state index is 13.4. The Labute approximate surface area is 234 Å². The van der Waals surface area contributed by atoms with E-state index in [0.717, 1.165) is 46.0 Å². The molecule has 0 aliphatic carbocycles. The minimum Gasteiger partial charge on any atom is -0.494 e. The fourth-order valence-electron chi connectivity index (χ4n) is 4.32. The smallest absolute Gasteiger partial charge is 0.291 e. The number of thiazole rings is 1. The molecule has 0 saturated heterocycles. The Balaban J connectivity index is 1.39. The minimum absolute atomic E-state index is 0.216. The number of rotatable bonds is 9. The zero-order chi connectivity index (χ0) is 27.5. The van der Waals surface area contributed by atoms with Gasteiger partial charge in [0.2, 0.25) is 4.96 Å². The van der Waals surface area contributed by atoms with Crippen molar-refractivity contribution in [1.82, 2.24) is 24.4 Å². The van der Waals surface area contributed by atoms with E-state index in [1.165, 1.54) is 15.9 Å². The quantitative estimate of drug-likeness (QED) is 0.240. The normalized spacial score (nSPS) is 11.8. The Morgan fingerprint density at radius 1 is 0.850 bits per heavy atom. The van der Waals surface area contributed by atoms with Gasteiger partial charge in [0, 0.05) is 22.9 Å². The van der Waals surface area contributed by atoms with E-state index in [9.17, 15) is 4.79 Å². The number of aromatic nitrogens is 5. The summed E-state index contributed by atoms with van der Waals surface area (Å²) in [5, 5.41) is 9.38. The van der Waals surface area contributed by atoms with Crippen molar-refractivity contribution in [3.63, 3.8) is 0 Å². The molecule has 0 N–H and O–H groups in total. The number of benzene rings is 3. The topological polar surface area (TPSA) is 83.5 Å². The van der Waals surface area contributed by atoms with Gasteiger partial charge in [-0.1, -0.05) is 36.5 Å². The predicted molar refractivity (Wildman–Crippen MR) is 157 cm³/mol. The molecule has 0 bridgehead atoms. The molecule has 3 heterocycles. The van der Waals surface area contributed by atoms with Gasteiger partial charge in [-0.25, -0.2) is 4.68 Å². The van der Waals surface area contributed by atoms with Crippen LogP contribution in [0.15, 0.2) is 89.9 Å². The summed E-state index contributed by atoms with van der Waals surface area (Å²) in [7, 11) is 0. The lowest BCUT2D eigenvalue weighted by atomic mass is 10.1. The number of para-hydroxylation sites is 1. The second-order valence-electron chi connectivity index (χ2n) is 9.09. The van der Waals surface area contributed by atoms with Crippen molar-refractivity contribution in [3.05, 3.63) is 106 Å². The van der Waals surface area contributed by atoms with Crippen LogP contribution in [0, 0.1) is 0 Å². The van der Waals surface area contributed by atoms with E-state index in [-0.39, 0.29) is 5.56 Å². The van der Waals surface area contributed by atoms with E-state index < -0.39 is 0 Å². The molecule has 0 radical (unpaired) electrons. The minimum atomic E-state index is -0.216. The monoisotopic (exact) mass is 549 g/mol. The number of hydrogen-bond acceptors (Lipinski definition) is 7. The maximum atomic E-state index is 13.4. The fraction of sp³-hybridized carbons (Fsp3) is 0.161. The van der Waals surface area contributed by atoms with Crippen LogP contribution in [0.25, 0.3) is 39.4 Å². The van der Waals surface area contributed by atoms with E-state index in [2.05, 4.69) is 17.0 Å². The highest BCUT2D eigenvalue weighted by Crippen LogP contribution is 2.27. The lowest BCUT2D eigenvalue weighted by Gasteiger charge is -2.05. The van der Waals surface area contributed by atoms with Gasteiger partial charge in [-0.3, -0.25) is 4.79 Å². The van der Waals surface area contributed by atoms with Crippen LogP contribution in [0.2, 0.25) is 0 Å². The number of fused-ring (bicyclic) bond motifs is 1. The van der Waals surface area contributed by atoms with Gasteiger partial charge in [-0.05, 0) is 80.1 Å². The van der Waals surface area contributed by atoms with Gasteiger partial charge >= 0.3 is 0 Å². The molecular formula is C31H27N5O3S. The van der Waals surface area contributed by atoms with Gasteiger partial charge in [0.15, 0.2) is 5.82 Å². The molecule has 0 spiro atoms. The average molecular weight is 550 g/mol.